The summed E-state index contributed by atoms with van der Waals surface area (Å²) in [5.74, 6) is -1.20. The zero-order valence-electron chi connectivity index (χ0n) is 9.65. The molecule has 3 nitrogen and oxygen atoms in total. The van der Waals surface area contributed by atoms with Crippen LogP contribution in [0.5, 0.6) is 0 Å². The third kappa shape index (κ3) is 2.26. The van der Waals surface area contributed by atoms with Gasteiger partial charge in [-0.3, -0.25) is 5.10 Å². The number of fused-ring (bicyclic) bond motifs is 1. The van der Waals surface area contributed by atoms with Gasteiger partial charge in [-0.25, -0.2) is 8.78 Å². The summed E-state index contributed by atoms with van der Waals surface area (Å²) in [7, 11) is 0. The van der Waals surface area contributed by atoms with Crippen LogP contribution in [0.2, 0.25) is 0 Å². The Balaban J connectivity index is 2.02. The van der Waals surface area contributed by atoms with Crippen molar-refractivity contribution < 1.29 is 8.78 Å². The summed E-state index contributed by atoms with van der Waals surface area (Å²) < 4.78 is 26.4. The quantitative estimate of drug-likeness (QED) is 0.704. The molecule has 6 heteroatoms. The molecule has 3 rings (SSSR count). The smallest absolute Gasteiger partial charge is 0.140 e. The van der Waals surface area contributed by atoms with Gasteiger partial charge in [0, 0.05) is 26.9 Å². The Hall–Kier alpha value is -2.08. The van der Waals surface area contributed by atoms with Gasteiger partial charge in [-0.2, -0.15) is 5.10 Å². The van der Waals surface area contributed by atoms with Gasteiger partial charge in [0.1, 0.15) is 11.6 Å². The van der Waals surface area contributed by atoms with Crippen LogP contribution in [0.3, 0.4) is 0 Å². The standard InChI is InChI=1S/C13H9F2N3S/c14-8-1-2-12(9(15)4-8)19-13-5-11-7(3-10(13)16)6-17-18-11/h1-6H,16H2,(H,17,18). The lowest BCUT2D eigenvalue weighted by atomic mass is 10.2. The van der Waals surface area contributed by atoms with Gasteiger partial charge < -0.3 is 5.73 Å². The van der Waals surface area contributed by atoms with Crippen molar-refractivity contribution in [1.82, 2.24) is 10.2 Å². The number of hydrogen-bond acceptors (Lipinski definition) is 3. The van der Waals surface area contributed by atoms with Gasteiger partial charge >= 0.3 is 0 Å². The minimum absolute atomic E-state index is 0.326. The van der Waals surface area contributed by atoms with Crippen molar-refractivity contribution in [3.8, 4) is 0 Å². The van der Waals surface area contributed by atoms with E-state index in [0.717, 1.165) is 28.7 Å². The third-order valence-corrected chi connectivity index (χ3v) is 3.81. The van der Waals surface area contributed by atoms with Gasteiger partial charge in [-0.05, 0) is 24.3 Å². The van der Waals surface area contributed by atoms with Crippen molar-refractivity contribution >= 4 is 28.4 Å². The number of hydrogen-bond donors (Lipinski definition) is 2. The van der Waals surface area contributed by atoms with E-state index in [0.29, 0.717) is 15.5 Å². The van der Waals surface area contributed by atoms with E-state index in [2.05, 4.69) is 10.2 Å². The number of aromatic nitrogens is 2. The van der Waals surface area contributed by atoms with Crippen LogP contribution in [0, 0.1) is 11.6 Å². The topological polar surface area (TPSA) is 54.7 Å². The highest BCUT2D eigenvalue weighted by Gasteiger charge is 2.09. The van der Waals surface area contributed by atoms with Crippen LogP contribution in [0.25, 0.3) is 10.9 Å². The second-order valence-corrected chi connectivity index (χ2v) is 5.11. The fourth-order valence-corrected chi connectivity index (χ4v) is 2.64. The Labute approximate surface area is 111 Å². The van der Waals surface area contributed by atoms with Gasteiger partial charge in [0.05, 0.1) is 11.7 Å². The van der Waals surface area contributed by atoms with Crippen LogP contribution in [0.15, 0.2) is 46.3 Å². The molecule has 0 spiro atoms. The van der Waals surface area contributed by atoms with Crippen molar-refractivity contribution in [1.29, 1.82) is 0 Å². The number of H-pyrrole nitrogens is 1. The van der Waals surface area contributed by atoms with E-state index in [4.69, 9.17) is 5.73 Å². The maximum Gasteiger partial charge on any atom is 0.140 e. The molecule has 0 amide bonds. The molecule has 96 valence electrons. The second-order valence-electron chi connectivity index (χ2n) is 4.02. The Kier molecular flexibility index (Phi) is 2.87. The fraction of sp³-hybridized carbons (Fsp3) is 0. The molecule has 0 aliphatic carbocycles. The van der Waals surface area contributed by atoms with Gasteiger partial charge in [-0.1, -0.05) is 11.8 Å². The summed E-state index contributed by atoms with van der Waals surface area (Å²) in [6.07, 6.45) is 1.67. The fourth-order valence-electron chi connectivity index (χ4n) is 1.75. The number of nitrogens with zero attached hydrogens (tertiary/aromatic N) is 1. The lowest BCUT2D eigenvalue weighted by molar-refractivity contribution is 0.566. The van der Waals surface area contributed by atoms with Crippen molar-refractivity contribution in [2.45, 2.75) is 9.79 Å². The zero-order chi connectivity index (χ0) is 13.4. The third-order valence-electron chi connectivity index (χ3n) is 2.68. The normalized spacial score (nSPS) is 11.1. The summed E-state index contributed by atoms with van der Waals surface area (Å²) in [5, 5.41) is 7.62. The van der Waals surface area contributed by atoms with E-state index < -0.39 is 11.6 Å². The number of anilines is 1. The minimum atomic E-state index is -0.603. The van der Waals surface area contributed by atoms with Crippen molar-refractivity contribution in [2.24, 2.45) is 0 Å². The molecule has 0 aliphatic heterocycles. The minimum Gasteiger partial charge on any atom is -0.398 e. The summed E-state index contributed by atoms with van der Waals surface area (Å²) in [6, 6.07) is 7.03. The van der Waals surface area contributed by atoms with Gasteiger partial charge in [0.2, 0.25) is 0 Å². The van der Waals surface area contributed by atoms with E-state index in [-0.39, 0.29) is 0 Å². The van der Waals surface area contributed by atoms with Crippen molar-refractivity contribution in [2.75, 3.05) is 5.73 Å². The first-order valence-electron chi connectivity index (χ1n) is 5.49. The molecule has 0 bridgehead atoms. The van der Waals surface area contributed by atoms with Crippen LogP contribution in [-0.2, 0) is 0 Å². The predicted molar refractivity (Wildman–Crippen MR) is 71.0 cm³/mol. The summed E-state index contributed by atoms with van der Waals surface area (Å²) in [5.41, 5.74) is 7.26. The highest BCUT2D eigenvalue weighted by atomic mass is 32.2. The Morgan fingerprint density at radius 2 is 1.95 bits per heavy atom. The molecule has 0 radical (unpaired) electrons. The summed E-state index contributed by atoms with van der Waals surface area (Å²) in [4.78, 5) is 1.02. The predicted octanol–water partition coefficient (Wildman–Crippen LogP) is 3.57. The Morgan fingerprint density at radius 3 is 2.74 bits per heavy atom. The van der Waals surface area contributed by atoms with E-state index in [1.165, 1.54) is 12.1 Å². The maximum atomic E-state index is 13.6. The average Bonchev–Trinajstić information content (AvgIpc) is 2.80. The molecule has 0 saturated carbocycles. The van der Waals surface area contributed by atoms with E-state index in [1.54, 1.807) is 18.3 Å². The molecule has 3 N–H and O–H groups in total. The molecule has 1 heterocycles. The van der Waals surface area contributed by atoms with Crippen molar-refractivity contribution in [3.63, 3.8) is 0 Å². The van der Waals surface area contributed by atoms with E-state index >= 15 is 0 Å². The van der Waals surface area contributed by atoms with Crippen molar-refractivity contribution in [3.05, 3.63) is 48.2 Å². The Bertz CT molecular complexity index is 755. The second kappa shape index (κ2) is 4.55. The first kappa shape index (κ1) is 12.0. The van der Waals surface area contributed by atoms with E-state index in [9.17, 15) is 8.78 Å². The number of nitrogens with one attached hydrogen (secondary N) is 1. The molecule has 0 unspecified atom stereocenters. The average molecular weight is 277 g/mol. The first-order chi connectivity index (χ1) is 9.13. The number of halogens is 2. The van der Waals surface area contributed by atoms with Gasteiger partial charge in [-0.15, -0.1) is 0 Å². The number of nitrogens with two attached hydrogens (primary N) is 1. The molecule has 0 fully saturated rings. The molecular weight excluding hydrogens is 268 g/mol. The molecule has 3 aromatic rings. The first-order valence-corrected chi connectivity index (χ1v) is 6.30. The number of benzene rings is 2. The number of aromatic amines is 1. The monoisotopic (exact) mass is 277 g/mol. The SMILES string of the molecule is Nc1cc2cn[nH]c2cc1Sc1ccc(F)cc1F. The summed E-state index contributed by atoms with van der Waals surface area (Å²) in [6.45, 7) is 0. The summed E-state index contributed by atoms with van der Waals surface area (Å²) >= 11 is 1.15. The van der Waals surface area contributed by atoms with Crippen LogP contribution in [0.1, 0.15) is 0 Å². The molecule has 0 aliphatic rings. The van der Waals surface area contributed by atoms with Gasteiger partial charge in [0.15, 0.2) is 0 Å². The highest BCUT2D eigenvalue weighted by molar-refractivity contribution is 7.99. The van der Waals surface area contributed by atoms with Crippen LogP contribution in [0.4, 0.5) is 14.5 Å². The van der Waals surface area contributed by atoms with Crippen LogP contribution >= 0.6 is 11.8 Å². The van der Waals surface area contributed by atoms with Gasteiger partial charge in [0.25, 0.3) is 0 Å². The Morgan fingerprint density at radius 1 is 1.11 bits per heavy atom. The van der Waals surface area contributed by atoms with E-state index in [1.807, 2.05) is 0 Å². The largest absolute Gasteiger partial charge is 0.398 e. The molecule has 0 atom stereocenters. The number of nitrogen functional groups attached to an aromatic ring is 1. The molecule has 19 heavy (non-hydrogen) atoms. The molecule has 0 saturated heterocycles. The highest BCUT2D eigenvalue weighted by Crippen LogP contribution is 2.35. The molecular formula is C13H9F2N3S. The van der Waals surface area contributed by atoms with Crippen LogP contribution in [-0.4, -0.2) is 10.2 Å². The molecule has 2 aromatic carbocycles. The molecule has 1 aromatic heterocycles. The maximum absolute atomic E-state index is 13.6. The zero-order valence-corrected chi connectivity index (χ0v) is 10.5. The lowest BCUT2D eigenvalue weighted by Crippen LogP contribution is -1.90. The van der Waals surface area contributed by atoms with Crippen LogP contribution < -0.4 is 5.73 Å². The lowest BCUT2D eigenvalue weighted by Gasteiger charge is -2.06. The number of rotatable bonds is 2.